The van der Waals surface area contributed by atoms with E-state index in [0.717, 1.165) is 31.5 Å². The van der Waals surface area contributed by atoms with Gasteiger partial charge in [-0.2, -0.15) is 0 Å². The highest BCUT2D eigenvalue weighted by Crippen LogP contribution is 2.25. The molecule has 1 aliphatic carbocycles. The Morgan fingerprint density at radius 2 is 1.50 bits per heavy atom. The van der Waals surface area contributed by atoms with Gasteiger partial charge in [0.25, 0.3) is 0 Å². The van der Waals surface area contributed by atoms with Crippen LogP contribution < -0.4 is 0 Å². The molecule has 0 saturated heterocycles. The highest BCUT2D eigenvalue weighted by atomic mass is 19.1. The fourth-order valence-corrected chi connectivity index (χ4v) is 1.66. The van der Waals surface area contributed by atoms with Crippen LogP contribution in [-0.2, 0) is 0 Å². The summed E-state index contributed by atoms with van der Waals surface area (Å²) in [5.74, 6) is 0.840. The standard InChI is InChI=1S/C8H16BF/c9-7-3-1-5-8(10)6-2-4-7/h7-8H,1-6,9H2. The maximum atomic E-state index is 12.8. The number of hydrogen-bond acceptors (Lipinski definition) is 0. The lowest BCUT2D eigenvalue weighted by Gasteiger charge is -2.16. The van der Waals surface area contributed by atoms with Gasteiger partial charge < -0.3 is 0 Å². The first-order chi connectivity index (χ1) is 4.79. The zero-order chi connectivity index (χ0) is 7.40. The van der Waals surface area contributed by atoms with Crippen LogP contribution in [0.2, 0.25) is 5.82 Å². The van der Waals surface area contributed by atoms with Gasteiger partial charge in [-0.25, -0.2) is 4.39 Å². The minimum Gasteiger partial charge on any atom is -0.247 e. The second kappa shape index (κ2) is 4.00. The first-order valence-electron chi connectivity index (χ1n) is 4.43. The van der Waals surface area contributed by atoms with Gasteiger partial charge in [-0.1, -0.05) is 31.5 Å². The largest absolute Gasteiger partial charge is 0.247 e. The number of rotatable bonds is 0. The van der Waals surface area contributed by atoms with Crippen molar-refractivity contribution in [2.75, 3.05) is 0 Å². The quantitative estimate of drug-likeness (QED) is 0.454. The molecule has 0 aromatic carbocycles. The van der Waals surface area contributed by atoms with Crippen LogP contribution in [0.25, 0.3) is 0 Å². The fraction of sp³-hybridized carbons (Fsp3) is 1.00. The average molecular weight is 142 g/mol. The van der Waals surface area contributed by atoms with Crippen molar-refractivity contribution in [1.82, 2.24) is 0 Å². The van der Waals surface area contributed by atoms with E-state index in [1.54, 1.807) is 0 Å². The number of halogens is 1. The monoisotopic (exact) mass is 142 g/mol. The third-order valence-electron chi connectivity index (χ3n) is 2.43. The molecule has 0 spiro atoms. The van der Waals surface area contributed by atoms with E-state index in [1.807, 2.05) is 0 Å². The van der Waals surface area contributed by atoms with Gasteiger partial charge in [0.1, 0.15) is 14.0 Å². The fourth-order valence-electron chi connectivity index (χ4n) is 1.66. The lowest BCUT2D eigenvalue weighted by atomic mass is 9.77. The normalized spacial score (nSPS) is 36.5. The van der Waals surface area contributed by atoms with Crippen molar-refractivity contribution in [3.8, 4) is 0 Å². The second-order valence-corrected chi connectivity index (χ2v) is 3.56. The van der Waals surface area contributed by atoms with Gasteiger partial charge in [0.05, 0.1) is 0 Å². The predicted molar refractivity (Wildman–Crippen MR) is 44.9 cm³/mol. The smallest absolute Gasteiger partial charge is 0.105 e. The Morgan fingerprint density at radius 1 is 1.00 bits per heavy atom. The molecule has 0 unspecified atom stereocenters. The van der Waals surface area contributed by atoms with Crippen molar-refractivity contribution < 1.29 is 4.39 Å². The summed E-state index contributed by atoms with van der Waals surface area (Å²) in [4.78, 5) is 0. The van der Waals surface area contributed by atoms with Gasteiger partial charge in [-0.15, -0.1) is 0 Å². The van der Waals surface area contributed by atoms with Crippen molar-refractivity contribution in [2.24, 2.45) is 0 Å². The predicted octanol–water partition coefficient (Wildman–Crippen LogP) is 2.10. The van der Waals surface area contributed by atoms with Gasteiger partial charge in [-0.05, 0) is 12.8 Å². The zero-order valence-electron chi connectivity index (χ0n) is 6.78. The molecule has 0 aliphatic heterocycles. The summed E-state index contributed by atoms with van der Waals surface area (Å²) in [6, 6.07) is 0. The number of alkyl halides is 1. The molecule has 1 aliphatic rings. The summed E-state index contributed by atoms with van der Waals surface area (Å²) in [6.45, 7) is 0. The summed E-state index contributed by atoms with van der Waals surface area (Å²) in [6.07, 6.45) is 5.80. The summed E-state index contributed by atoms with van der Waals surface area (Å²) >= 11 is 0. The van der Waals surface area contributed by atoms with E-state index in [-0.39, 0.29) is 0 Å². The second-order valence-electron chi connectivity index (χ2n) is 3.56. The molecule has 0 nitrogen and oxygen atoms in total. The molecule has 0 N–H and O–H groups in total. The van der Waals surface area contributed by atoms with Crippen molar-refractivity contribution in [3.63, 3.8) is 0 Å². The average Bonchev–Trinajstić information content (AvgIpc) is 1.84. The molecule has 0 aromatic rings. The molecule has 1 saturated carbocycles. The highest BCUT2D eigenvalue weighted by molar-refractivity contribution is 6.11. The van der Waals surface area contributed by atoms with Crippen LogP contribution in [0.4, 0.5) is 4.39 Å². The Hall–Kier alpha value is -0.00506. The summed E-state index contributed by atoms with van der Waals surface area (Å²) in [7, 11) is 2.28. The van der Waals surface area contributed by atoms with Crippen LogP contribution in [0.3, 0.4) is 0 Å². The molecule has 0 bridgehead atoms. The molecular formula is C8H16BF. The van der Waals surface area contributed by atoms with Crippen molar-refractivity contribution in [1.29, 1.82) is 0 Å². The van der Waals surface area contributed by atoms with E-state index in [0.29, 0.717) is 0 Å². The van der Waals surface area contributed by atoms with E-state index in [9.17, 15) is 4.39 Å². The molecule has 2 heteroatoms. The van der Waals surface area contributed by atoms with Crippen molar-refractivity contribution >= 4 is 7.85 Å². The summed E-state index contributed by atoms with van der Waals surface area (Å²) in [5, 5.41) is 0. The Labute approximate surface area is 63.6 Å². The highest BCUT2D eigenvalue weighted by Gasteiger charge is 2.12. The molecule has 0 atom stereocenters. The number of hydrogen-bond donors (Lipinski definition) is 0. The van der Waals surface area contributed by atoms with Crippen LogP contribution in [0.1, 0.15) is 38.5 Å². The molecule has 0 radical (unpaired) electrons. The van der Waals surface area contributed by atoms with Gasteiger partial charge in [0.2, 0.25) is 0 Å². The molecule has 58 valence electrons. The lowest BCUT2D eigenvalue weighted by Crippen LogP contribution is -2.06. The van der Waals surface area contributed by atoms with Crippen LogP contribution in [0.15, 0.2) is 0 Å². The first-order valence-corrected chi connectivity index (χ1v) is 4.43. The summed E-state index contributed by atoms with van der Waals surface area (Å²) < 4.78 is 12.8. The Balaban J connectivity index is 2.21. The van der Waals surface area contributed by atoms with E-state index in [4.69, 9.17) is 0 Å². The van der Waals surface area contributed by atoms with Gasteiger partial charge in [0, 0.05) is 0 Å². The molecular weight excluding hydrogens is 126 g/mol. The maximum absolute atomic E-state index is 12.8. The third-order valence-corrected chi connectivity index (χ3v) is 2.43. The molecule has 10 heavy (non-hydrogen) atoms. The van der Waals surface area contributed by atoms with E-state index in [1.165, 1.54) is 12.8 Å². The van der Waals surface area contributed by atoms with Crippen molar-refractivity contribution in [2.45, 2.75) is 50.5 Å². The van der Waals surface area contributed by atoms with E-state index < -0.39 is 6.17 Å². The van der Waals surface area contributed by atoms with Gasteiger partial charge in [-0.3, -0.25) is 0 Å². The van der Waals surface area contributed by atoms with Crippen LogP contribution in [0.5, 0.6) is 0 Å². The minimum absolute atomic E-state index is 0.493. The summed E-state index contributed by atoms with van der Waals surface area (Å²) in [5.41, 5.74) is 0. The van der Waals surface area contributed by atoms with Gasteiger partial charge >= 0.3 is 0 Å². The Morgan fingerprint density at radius 3 is 2.00 bits per heavy atom. The maximum Gasteiger partial charge on any atom is 0.105 e. The molecule has 0 heterocycles. The molecule has 1 fully saturated rings. The topological polar surface area (TPSA) is 0 Å². The SMILES string of the molecule is BC1CCCC(F)CCC1. The third kappa shape index (κ3) is 2.72. The Kier molecular flexibility index (Phi) is 3.23. The molecule has 0 aromatic heterocycles. The van der Waals surface area contributed by atoms with Crippen LogP contribution in [-0.4, -0.2) is 14.0 Å². The first kappa shape index (κ1) is 8.09. The van der Waals surface area contributed by atoms with Gasteiger partial charge in [0.15, 0.2) is 0 Å². The lowest BCUT2D eigenvalue weighted by molar-refractivity contribution is 0.267. The molecule has 1 rings (SSSR count). The van der Waals surface area contributed by atoms with E-state index >= 15 is 0 Å². The Bertz CT molecular complexity index is 75.3. The van der Waals surface area contributed by atoms with E-state index in [2.05, 4.69) is 7.85 Å². The molecule has 0 amide bonds. The van der Waals surface area contributed by atoms with Crippen molar-refractivity contribution in [3.05, 3.63) is 0 Å². The zero-order valence-corrected chi connectivity index (χ0v) is 6.78. The van der Waals surface area contributed by atoms with Crippen LogP contribution >= 0.6 is 0 Å². The van der Waals surface area contributed by atoms with Crippen LogP contribution in [0, 0.1) is 0 Å². The minimum atomic E-state index is -0.493.